The van der Waals surface area contributed by atoms with Crippen LogP contribution in [-0.2, 0) is 4.74 Å². The van der Waals surface area contributed by atoms with E-state index in [9.17, 15) is 0 Å². The van der Waals surface area contributed by atoms with Crippen molar-refractivity contribution in [1.29, 1.82) is 5.26 Å². The number of nitriles is 1. The van der Waals surface area contributed by atoms with Crippen LogP contribution in [0.3, 0.4) is 0 Å². The fourth-order valence-electron chi connectivity index (χ4n) is 1.04. The van der Waals surface area contributed by atoms with E-state index in [1.165, 1.54) is 0 Å². The second-order valence-corrected chi connectivity index (χ2v) is 3.42. The van der Waals surface area contributed by atoms with Crippen LogP contribution >= 0.6 is 0 Å². The first-order chi connectivity index (χ1) is 6.08. The molecule has 0 aromatic heterocycles. The summed E-state index contributed by atoms with van der Waals surface area (Å²) in [6.45, 7) is 4.12. The van der Waals surface area contributed by atoms with Crippen molar-refractivity contribution >= 4 is 0 Å². The minimum atomic E-state index is -0.470. The van der Waals surface area contributed by atoms with Crippen LogP contribution in [0.4, 0.5) is 0 Å². The Bertz CT molecular complexity index is 178. The van der Waals surface area contributed by atoms with Gasteiger partial charge in [0.2, 0.25) is 0 Å². The van der Waals surface area contributed by atoms with Gasteiger partial charge >= 0.3 is 0 Å². The molecule has 76 valence electrons. The van der Waals surface area contributed by atoms with Gasteiger partial charge in [-0.3, -0.25) is 0 Å². The van der Waals surface area contributed by atoms with Gasteiger partial charge < -0.3 is 15.0 Å². The maximum absolute atomic E-state index is 8.89. The summed E-state index contributed by atoms with van der Waals surface area (Å²) in [4.78, 5) is 2.07. The van der Waals surface area contributed by atoms with Gasteiger partial charge in [-0.2, -0.15) is 5.26 Å². The molecule has 0 fully saturated rings. The van der Waals surface area contributed by atoms with Gasteiger partial charge in [0.05, 0.1) is 12.7 Å². The van der Waals surface area contributed by atoms with E-state index in [1.807, 2.05) is 14.0 Å². The molecule has 0 heterocycles. The lowest BCUT2D eigenvalue weighted by Crippen LogP contribution is -2.48. The van der Waals surface area contributed by atoms with Crippen molar-refractivity contribution in [2.24, 2.45) is 0 Å². The minimum Gasteiger partial charge on any atom is -0.383 e. The summed E-state index contributed by atoms with van der Waals surface area (Å²) < 4.78 is 4.95. The smallest absolute Gasteiger partial charge is 0.116 e. The van der Waals surface area contributed by atoms with Crippen LogP contribution in [0, 0.1) is 11.3 Å². The van der Waals surface area contributed by atoms with Gasteiger partial charge in [0, 0.05) is 20.2 Å². The molecule has 0 aromatic rings. The predicted molar refractivity (Wildman–Crippen MR) is 52.5 cm³/mol. The van der Waals surface area contributed by atoms with Gasteiger partial charge in [0.25, 0.3) is 0 Å². The summed E-state index contributed by atoms with van der Waals surface area (Å²) >= 11 is 0. The van der Waals surface area contributed by atoms with E-state index >= 15 is 0 Å². The topological polar surface area (TPSA) is 48.3 Å². The molecule has 0 aliphatic heterocycles. The van der Waals surface area contributed by atoms with Gasteiger partial charge in [0.15, 0.2) is 0 Å². The summed E-state index contributed by atoms with van der Waals surface area (Å²) in [6, 6.07) is 2.24. The Labute approximate surface area is 80.5 Å². The van der Waals surface area contributed by atoms with E-state index in [4.69, 9.17) is 10.00 Å². The van der Waals surface area contributed by atoms with E-state index in [-0.39, 0.29) is 0 Å². The lowest BCUT2D eigenvalue weighted by atomic mass is 10.1. The Kier molecular flexibility index (Phi) is 5.63. The first-order valence-corrected chi connectivity index (χ1v) is 4.35. The standard InChI is InChI=1S/C9H19N3O/c1-9(7-10,11-2)8-12(3)5-6-13-4/h11H,5-6,8H2,1-4H3. The zero-order chi connectivity index (χ0) is 10.3. The molecular weight excluding hydrogens is 166 g/mol. The molecule has 0 radical (unpaired) electrons. The fraction of sp³-hybridized carbons (Fsp3) is 0.889. The molecule has 1 atom stereocenters. The summed E-state index contributed by atoms with van der Waals surface area (Å²) in [7, 11) is 5.45. The highest BCUT2D eigenvalue weighted by molar-refractivity contribution is 5.04. The number of hydrogen-bond acceptors (Lipinski definition) is 4. The lowest BCUT2D eigenvalue weighted by Gasteiger charge is -2.27. The Morgan fingerprint density at radius 1 is 1.62 bits per heavy atom. The van der Waals surface area contributed by atoms with Crippen molar-refractivity contribution in [2.75, 3.05) is 40.9 Å². The van der Waals surface area contributed by atoms with Crippen LogP contribution in [-0.4, -0.2) is 51.3 Å². The van der Waals surface area contributed by atoms with Crippen molar-refractivity contribution in [2.45, 2.75) is 12.5 Å². The number of nitrogens with zero attached hydrogens (tertiary/aromatic N) is 2. The Balaban J connectivity index is 3.89. The average Bonchev–Trinajstić information content (AvgIpc) is 2.14. The maximum atomic E-state index is 8.89. The molecular formula is C9H19N3O. The molecule has 0 saturated carbocycles. The van der Waals surface area contributed by atoms with E-state index in [2.05, 4.69) is 16.3 Å². The molecule has 0 rings (SSSR count). The highest BCUT2D eigenvalue weighted by Crippen LogP contribution is 2.02. The molecule has 0 amide bonds. The summed E-state index contributed by atoms with van der Waals surface area (Å²) in [5.74, 6) is 0. The van der Waals surface area contributed by atoms with Crippen molar-refractivity contribution < 1.29 is 4.74 Å². The van der Waals surface area contributed by atoms with Crippen molar-refractivity contribution in [1.82, 2.24) is 10.2 Å². The molecule has 0 bridgehead atoms. The first kappa shape index (κ1) is 12.4. The number of hydrogen-bond donors (Lipinski definition) is 1. The second kappa shape index (κ2) is 5.92. The largest absolute Gasteiger partial charge is 0.383 e. The third-order valence-corrected chi connectivity index (χ3v) is 2.06. The summed E-state index contributed by atoms with van der Waals surface area (Å²) in [5.41, 5.74) is -0.470. The molecule has 0 aliphatic rings. The summed E-state index contributed by atoms with van der Waals surface area (Å²) in [6.07, 6.45) is 0. The van der Waals surface area contributed by atoms with Crippen LogP contribution in [0.25, 0.3) is 0 Å². The van der Waals surface area contributed by atoms with Crippen LogP contribution in [0.1, 0.15) is 6.92 Å². The quantitative estimate of drug-likeness (QED) is 0.636. The number of likely N-dealkylation sites (N-methyl/N-ethyl adjacent to an activating group) is 2. The second-order valence-electron chi connectivity index (χ2n) is 3.42. The Morgan fingerprint density at radius 3 is 2.62 bits per heavy atom. The van der Waals surface area contributed by atoms with Crippen LogP contribution < -0.4 is 5.32 Å². The lowest BCUT2D eigenvalue weighted by molar-refractivity contribution is 0.151. The Hall–Kier alpha value is -0.630. The molecule has 13 heavy (non-hydrogen) atoms. The molecule has 0 aromatic carbocycles. The van der Waals surface area contributed by atoms with Gasteiger partial charge in [-0.1, -0.05) is 0 Å². The van der Waals surface area contributed by atoms with Gasteiger partial charge in [-0.05, 0) is 21.0 Å². The maximum Gasteiger partial charge on any atom is 0.116 e. The van der Waals surface area contributed by atoms with Crippen molar-refractivity contribution in [3.63, 3.8) is 0 Å². The van der Waals surface area contributed by atoms with E-state index < -0.39 is 5.54 Å². The molecule has 0 aliphatic carbocycles. The number of nitrogens with one attached hydrogen (secondary N) is 1. The average molecular weight is 185 g/mol. The van der Waals surface area contributed by atoms with Crippen LogP contribution in [0.15, 0.2) is 0 Å². The fourth-order valence-corrected chi connectivity index (χ4v) is 1.04. The molecule has 1 unspecified atom stereocenters. The predicted octanol–water partition coefficient (Wildman–Crippen LogP) is 0.0663. The molecule has 4 heteroatoms. The van der Waals surface area contributed by atoms with E-state index in [0.717, 1.165) is 6.54 Å². The Morgan fingerprint density at radius 2 is 2.23 bits per heavy atom. The van der Waals surface area contributed by atoms with Gasteiger partial charge in [-0.15, -0.1) is 0 Å². The normalized spacial score (nSPS) is 15.4. The van der Waals surface area contributed by atoms with Crippen molar-refractivity contribution in [3.05, 3.63) is 0 Å². The van der Waals surface area contributed by atoms with E-state index in [0.29, 0.717) is 13.2 Å². The third kappa shape index (κ3) is 4.83. The molecule has 0 spiro atoms. The number of methoxy groups -OCH3 is 1. The first-order valence-electron chi connectivity index (χ1n) is 4.35. The van der Waals surface area contributed by atoms with Gasteiger partial charge in [0.1, 0.15) is 5.54 Å². The molecule has 0 saturated heterocycles. The zero-order valence-electron chi connectivity index (χ0n) is 8.92. The monoisotopic (exact) mass is 185 g/mol. The third-order valence-electron chi connectivity index (χ3n) is 2.06. The molecule has 1 N–H and O–H groups in total. The number of rotatable bonds is 6. The number of ether oxygens (including phenoxy) is 1. The SMILES string of the molecule is CNC(C)(C#N)CN(C)CCOC. The summed E-state index contributed by atoms with van der Waals surface area (Å²) in [5, 5.41) is 11.9. The zero-order valence-corrected chi connectivity index (χ0v) is 8.92. The minimum absolute atomic E-state index is 0.470. The van der Waals surface area contributed by atoms with Crippen LogP contribution in [0.5, 0.6) is 0 Å². The van der Waals surface area contributed by atoms with Crippen LogP contribution in [0.2, 0.25) is 0 Å². The highest BCUT2D eigenvalue weighted by Gasteiger charge is 2.22. The highest BCUT2D eigenvalue weighted by atomic mass is 16.5. The van der Waals surface area contributed by atoms with E-state index in [1.54, 1.807) is 14.2 Å². The van der Waals surface area contributed by atoms with Crippen molar-refractivity contribution in [3.8, 4) is 6.07 Å². The molecule has 4 nitrogen and oxygen atoms in total. The van der Waals surface area contributed by atoms with Gasteiger partial charge in [-0.25, -0.2) is 0 Å².